The first-order chi connectivity index (χ1) is 8.60. The first kappa shape index (κ1) is 15.4. The quantitative estimate of drug-likeness (QED) is 0.754. The zero-order chi connectivity index (χ0) is 13.5. The van der Waals surface area contributed by atoms with Gasteiger partial charge in [0.1, 0.15) is 0 Å². The smallest absolute Gasteiger partial charge is 0.225 e. The maximum Gasteiger partial charge on any atom is 0.225 e. The van der Waals surface area contributed by atoms with Gasteiger partial charge in [0.25, 0.3) is 0 Å². The molecule has 0 atom stereocenters. The summed E-state index contributed by atoms with van der Waals surface area (Å²) in [6, 6.07) is 0.219. The molecule has 0 bridgehead atoms. The van der Waals surface area contributed by atoms with Gasteiger partial charge in [-0.1, -0.05) is 0 Å². The Morgan fingerprint density at radius 3 is 2.39 bits per heavy atom. The molecule has 0 heterocycles. The molecule has 0 unspecified atom stereocenters. The van der Waals surface area contributed by atoms with E-state index in [0.717, 1.165) is 32.2 Å². The second-order valence-corrected chi connectivity index (χ2v) is 5.66. The highest BCUT2D eigenvalue weighted by atomic mass is 16.3. The molecule has 1 rings (SSSR count). The Labute approximate surface area is 111 Å². The second-order valence-electron chi connectivity index (χ2n) is 5.66. The van der Waals surface area contributed by atoms with Crippen LogP contribution in [0.25, 0.3) is 0 Å². The van der Waals surface area contributed by atoms with Crippen molar-refractivity contribution in [3.05, 3.63) is 0 Å². The fraction of sp³-hybridized carbons (Fsp3) is 0.929. The van der Waals surface area contributed by atoms with Gasteiger partial charge in [0.2, 0.25) is 5.91 Å². The lowest BCUT2D eigenvalue weighted by atomic mass is 9.81. The van der Waals surface area contributed by atoms with Crippen LogP contribution < -0.4 is 5.73 Å². The van der Waals surface area contributed by atoms with Crippen molar-refractivity contribution in [2.75, 3.05) is 19.7 Å². The van der Waals surface area contributed by atoms with Crippen molar-refractivity contribution in [2.45, 2.75) is 52.0 Å². The molecule has 0 saturated heterocycles. The molecule has 1 saturated carbocycles. The van der Waals surface area contributed by atoms with Crippen molar-refractivity contribution in [1.29, 1.82) is 0 Å². The molecule has 0 spiro atoms. The number of hydrogen-bond donors (Lipinski definition) is 2. The minimum Gasteiger partial charge on any atom is -0.396 e. The van der Waals surface area contributed by atoms with Gasteiger partial charge in [-0.25, -0.2) is 0 Å². The summed E-state index contributed by atoms with van der Waals surface area (Å²) < 4.78 is 0. The number of aliphatic hydroxyl groups excluding tert-OH is 1. The van der Waals surface area contributed by atoms with Crippen LogP contribution >= 0.6 is 0 Å². The molecule has 0 aromatic carbocycles. The molecule has 0 aromatic rings. The number of nitrogens with two attached hydrogens (primary N) is 1. The maximum atomic E-state index is 12.5. The zero-order valence-corrected chi connectivity index (χ0v) is 11.8. The number of hydrogen-bond acceptors (Lipinski definition) is 3. The third-order valence-corrected chi connectivity index (χ3v) is 3.99. The lowest BCUT2D eigenvalue weighted by Gasteiger charge is -2.34. The largest absolute Gasteiger partial charge is 0.396 e. The number of carbonyl (C=O) groups excluding carboxylic acids is 1. The van der Waals surface area contributed by atoms with Gasteiger partial charge in [0.05, 0.1) is 0 Å². The van der Waals surface area contributed by atoms with E-state index in [2.05, 4.69) is 0 Å². The van der Waals surface area contributed by atoms with E-state index in [1.807, 2.05) is 18.7 Å². The Morgan fingerprint density at radius 1 is 1.33 bits per heavy atom. The maximum absolute atomic E-state index is 12.5. The standard InChI is InChI=1S/C14H28N2O2/c1-11(2)16(8-3-9-17)14(18)13-6-4-12(10-15)5-7-13/h11-13,17H,3-10,15H2,1-2H3. The fourth-order valence-corrected chi connectivity index (χ4v) is 2.74. The van der Waals surface area contributed by atoms with Gasteiger partial charge in [-0.3, -0.25) is 4.79 Å². The molecule has 1 aliphatic rings. The minimum absolute atomic E-state index is 0.149. The van der Waals surface area contributed by atoms with Gasteiger partial charge in [0.15, 0.2) is 0 Å². The van der Waals surface area contributed by atoms with E-state index in [0.29, 0.717) is 18.9 Å². The van der Waals surface area contributed by atoms with Crippen LogP contribution in [0.5, 0.6) is 0 Å². The summed E-state index contributed by atoms with van der Waals surface area (Å²) in [7, 11) is 0. The van der Waals surface area contributed by atoms with Crippen molar-refractivity contribution in [1.82, 2.24) is 4.90 Å². The van der Waals surface area contributed by atoms with Crippen LogP contribution in [0.1, 0.15) is 46.0 Å². The number of carbonyl (C=O) groups is 1. The fourth-order valence-electron chi connectivity index (χ4n) is 2.74. The summed E-state index contributed by atoms with van der Waals surface area (Å²) in [4.78, 5) is 14.4. The molecule has 1 aliphatic carbocycles. The van der Waals surface area contributed by atoms with Crippen LogP contribution in [0.3, 0.4) is 0 Å². The van der Waals surface area contributed by atoms with E-state index in [-0.39, 0.29) is 24.5 Å². The average molecular weight is 256 g/mol. The molecule has 4 heteroatoms. The topological polar surface area (TPSA) is 66.6 Å². The number of amides is 1. The molecule has 0 aliphatic heterocycles. The van der Waals surface area contributed by atoms with Crippen molar-refractivity contribution in [3.63, 3.8) is 0 Å². The Morgan fingerprint density at radius 2 is 1.94 bits per heavy atom. The average Bonchev–Trinajstić information content (AvgIpc) is 2.38. The zero-order valence-electron chi connectivity index (χ0n) is 11.8. The van der Waals surface area contributed by atoms with Crippen LogP contribution in [0.15, 0.2) is 0 Å². The summed E-state index contributed by atoms with van der Waals surface area (Å²) in [5.41, 5.74) is 5.68. The van der Waals surface area contributed by atoms with Crippen molar-refractivity contribution < 1.29 is 9.90 Å². The molecule has 1 amide bonds. The first-order valence-corrected chi connectivity index (χ1v) is 7.21. The monoisotopic (exact) mass is 256 g/mol. The van der Waals surface area contributed by atoms with E-state index < -0.39 is 0 Å². The van der Waals surface area contributed by atoms with Gasteiger partial charge in [0, 0.05) is 25.1 Å². The molecule has 4 nitrogen and oxygen atoms in total. The van der Waals surface area contributed by atoms with Crippen molar-refractivity contribution >= 4 is 5.91 Å². The summed E-state index contributed by atoms with van der Waals surface area (Å²) in [5.74, 6) is 1.06. The highest BCUT2D eigenvalue weighted by Gasteiger charge is 2.29. The third-order valence-electron chi connectivity index (χ3n) is 3.99. The third kappa shape index (κ3) is 4.25. The summed E-state index contributed by atoms with van der Waals surface area (Å²) >= 11 is 0. The summed E-state index contributed by atoms with van der Waals surface area (Å²) in [6.45, 7) is 5.65. The lowest BCUT2D eigenvalue weighted by molar-refractivity contribution is -0.138. The number of aliphatic hydroxyl groups is 1. The Kier molecular flexibility index (Phi) is 6.65. The van der Waals surface area contributed by atoms with Gasteiger partial charge in [-0.05, 0) is 58.4 Å². The van der Waals surface area contributed by atoms with Crippen molar-refractivity contribution in [2.24, 2.45) is 17.6 Å². The normalized spacial score (nSPS) is 24.3. The highest BCUT2D eigenvalue weighted by Crippen LogP contribution is 2.29. The predicted molar refractivity (Wildman–Crippen MR) is 73.1 cm³/mol. The Bertz CT molecular complexity index is 248. The van der Waals surface area contributed by atoms with E-state index in [4.69, 9.17) is 10.8 Å². The van der Waals surface area contributed by atoms with Gasteiger partial charge in [-0.15, -0.1) is 0 Å². The van der Waals surface area contributed by atoms with E-state index in [1.165, 1.54) is 0 Å². The molecule has 0 radical (unpaired) electrons. The number of nitrogens with zero attached hydrogens (tertiary/aromatic N) is 1. The van der Waals surface area contributed by atoms with E-state index in [9.17, 15) is 4.79 Å². The van der Waals surface area contributed by atoms with Crippen LogP contribution in [-0.2, 0) is 4.79 Å². The second kappa shape index (κ2) is 7.74. The molecular formula is C14H28N2O2. The molecule has 3 N–H and O–H groups in total. The molecule has 0 aromatic heterocycles. The Balaban J connectivity index is 2.50. The van der Waals surface area contributed by atoms with Gasteiger partial charge >= 0.3 is 0 Å². The Hall–Kier alpha value is -0.610. The number of rotatable bonds is 6. The lowest BCUT2D eigenvalue weighted by Crippen LogP contribution is -2.43. The van der Waals surface area contributed by atoms with Crippen LogP contribution in [0.4, 0.5) is 0 Å². The van der Waals surface area contributed by atoms with E-state index >= 15 is 0 Å². The van der Waals surface area contributed by atoms with Crippen LogP contribution in [0, 0.1) is 11.8 Å². The predicted octanol–water partition coefficient (Wildman–Crippen LogP) is 1.37. The molecule has 1 fully saturated rings. The summed E-state index contributed by atoms with van der Waals surface area (Å²) in [5, 5.41) is 8.90. The molecule has 18 heavy (non-hydrogen) atoms. The first-order valence-electron chi connectivity index (χ1n) is 7.21. The summed E-state index contributed by atoms with van der Waals surface area (Å²) in [6.07, 6.45) is 4.78. The SMILES string of the molecule is CC(C)N(CCCO)C(=O)C1CCC(CN)CC1. The minimum atomic E-state index is 0.149. The van der Waals surface area contributed by atoms with Crippen LogP contribution in [-0.4, -0.2) is 41.7 Å². The van der Waals surface area contributed by atoms with Gasteiger partial charge in [-0.2, -0.15) is 0 Å². The molecule has 106 valence electrons. The highest BCUT2D eigenvalue weighted by molar-refractivity contribution is 5.79. The molecular weight excluding hydrogens is 228 g/mol. The van der Waals surface area contributed by atoms with Crippen LogP contribution in [0.2, 0.25) is 0 Å². The van der Waals surface area contributed by atoms with E-state index in [1.54, 1.807) is 0 Å². The van der Waals surface area contributed by atoms with Crippen molar-refractivity contribution in [3.8, 4) is 0 Å². The van der Waals surface area contributed by atoms with Gasteiger partial charge < -0.3 is 15.7 Å².